The number of fused-ring (bicyclic) bond motifs is 1. The van der Waals surface area contributed by atoms with Gasteiger partial charge in [-0.05, 0) is 22.0 Å². The van der Waals surface area contributed by atoms with Crippen molar-refractivity contribution in [2.45, 2.75) is 6.54 Å². The second-order valence-corrected chi connectivity index (χ2v) is 4.03. The van der Waals surface area contributed by atoms with Crippen molar-refractivity contribution in [1.29, 1.82) is 0 Å². The maximum absolute atomic E-state index is 10.6. The van der Waals surface area contributed by atoms with Gasteiger partial charge in [-0.3, -0.25) is 4.79 Å². The molecule has 1 aromatic heterocycles. The summed E-state index contributed by atoms with van der Waals surface area (Å²) in [5, 5.41) is 19.2. The first-order valence-electron chi connectivity index (χ1n) is 4.27. The summed E-state index contributed by atoms with van der Waals surface area (Å²) < 4.78 is 2.27. The number of carboxylic acids is 1. The number of benzene rings is 1. The Hall–Kier alpha value is -1.49. The van der Waals surface area contributed by atoms with Crippen LogP contribution in [-0.4, -0.2) is 20.7 Å². The highest BCUT2D eigenvalue weighted by molar-refractivity contribution is 9.10. The van der Waals surface area contributed by atoms with Crippen molar-refractivity contribution in [2.75, 3.05) is 0 Å². The Kier molecular flexibility index (Phi) is 2.40. The number of hydrogen-bond acceptors (Lipinski definition) is 2. The lowest BCUT2D eigenvalue weighted by atomic mass is 10.2. The van der Waals surface area contributed by atoms with Crippen molar-refractivity contribution in [2.24, 2.45) is 0 Å². The van der Waals surface area contributed by atoms with Gasteiger partial charge in [-0.1, -0.05) is 12.1 Å². The highest BCUT2D eigenvalue weighted by Gasteiger charge is 2.11. The molecule has 78 valence electrons. The van der Waals surface area contributed by atoms with E-state index in [0.29, 0.717) is 5.52 Å². The number of carboxylic acid groups (broad SMARTS) is 1. The largest absolute Gasteiger partial charge is 0.506 e. The van der Waals surface area contributed by atoms with Crippen molar-refractivity contribution in [1.82, 2.24) is 4.57 Å². The van der Waals surface area contributed by atoms with Crippen LogP contribution in [0, 0.1) is 0 Å². The Morgan fingerprint density at radius 3 is 2.87 bits per heavy atom. The Labute approximate surface area is 93.9 Å². The van der Waals surface area contributed by atoms with Gasteiger partial charge in [0, 0.05) is 16.1 Å². The van der Waals surface area contributed by atoms with Crippen LogP contribution in [0.5, 0.6) is 5.75 Å². The lowest BCUT2D eigenvalue weighted by Crippen LogP contribution is -2.07. The summed E-state index contributed by atoms with van der Waals surface area (Å²) in [4.78, 5) is 10.6. The summed E-state index contributed by atoms with van der Waals surface area (Å²) in [5.41, 5.74) is 0.534. The van der Waals surface area contributed by atoms with Gasteiger partial charge in [-0.2, -0.15) is 0 Å². The SMILES string of the molecule is O=C(O)Cn1cc(Br)c2cccc(O)c21. The van der Waals surface area contributed by atoms with Gasteiger partial charge in [-0.15, -0.1) is 0 Å². The molecule has 1 heterocycles. The number of carbonyl (C=O) groups is 1. The van der Waals surface area contributed by atoms with Gasteiger partial charge in [0.15, 0.2) is 0 Å². The number of aromatic hydroxyl groups is 1. The molecule has 0 saturated carbocycles. The van der Waals surface area contributed by atoms with E-state index >= 15 is 0 Å². The number of para-hydroxylation sites is 1. The second kappa shape index (κ2) is 3.58. The topological polar surface area (TPSA) is 62.5 Å². The van der Waals surface area contributed by atoms with E-state index in [9.17, 15) is 9.90 Å². The van der Waals surface area contributed by atoms with Crippen molar-refractivity contribution >= 4 is 32.8 Å². The molecule has 2 N–H and O–H groups in total. The van der Waals surface area contributed by atoms with Gasteiger partial charge in [0.05, 0.1) is 5.52 Å². The molecule has 0 bridgehead atoms. The number of phenols is 1. The third-order valence-electron chi connectivity index (χ3n) is 2.13. The summed E-state index contributed by atoms with van der Waals surface area (Å²) >= 11 is 3.32. The zero-order valence-corrected chi connectivity index (χ0v) is 9.23. The summed E-state index contributed by atoms with van der Waals surface area (Å²) in [7, 11) is 0. The van der Waals surface area contributed by atoms with E-state index < -0.39 is 5.97 Å². The van der Waals surface area contributed by atoms with Gasteiger partial charge in [-0.25, -0.2) is 0 Å². The molecule has 1 aromatic carbocycles. The fraction of sp³-hybridized carbons (Fsp3) is 0.100. The molecule has 0 unspecified atom stereocenters. The van der Waals surface area contributed by atoms with E-state index in [0.717, 1.165) is 9.86 Å². The summed E-state index contributed by atoms with van der Waals surface area (Å²) in [5.74, 6) is -0.859. The van der Waals surface area contributed by atoms with Crippen LogP contribution in [-0.2, 0) is 11.3 Å². The maximum Gasteiger partial charge on any atom is 0.323 e. The normalized spacial score (nSPS) is 10.7. The van der Waals surface area contributed by atoms with Crippen LogP contribution >= 0.6 is 15.9 Å². The quantitative estimate of drug-likeness (QED) is 0.879. The first-order chi connectivity index (χ1) is 7.09. The molecule has 15 heavy (non-hydrogen) atoms. The number of rotatable bonds is 2. The molecule has 5 heteroatoms. The Morgan fingerprint density at radius 2 is 2.20 bits per heavy atom. The molecule has 0 aliphatic heterocycles. The second-order valence-electron chi connectivity index (χ2n) is 3.17. The number of nitrogens with zero attached hydrogens (tertiary/aromatic N) is 1. The van der Waals surface area contributed by atoms with E-state index in [4.69, 9.17) is 5.11 Å². The molecule has 0 spiro atoms. The van der Waals surface area contributed by atoms with E-state index in [1.807, 2.05) is 6.07 Å². The minimum atomic E-state index is -0.942. The van der Waals surface area contributed by atoms with Crippen LogP contribution < -0.4 is 0 Å². The Bertz CT molecular complexity index is 533. The third kappa shape index (κ3) is 1.70. The number of phenolic OH excluding ortho intramolecular Hbond substituents is 1. The van der Waals surface area contributed by atoms with E-state index in [1.165, 1.54) is 10.6 Å². The zero-order chi connectivity index (χ0) is 11.0. The zero-order valence-electron chi connectivity index (χ0n) is 7.64. The van der Waals surface area contributed by atoms with E-state index in [1.54, 1.807) is 12.3 Å². The average molecular weight is 270 g/mol. The summed E-state index contributed by atoms with van der Waals surface area (Å²) in [6, 6.07) is 5.07. The van der Waals surface area contributed by atoms with Gasteiger partial charge in [0.25, 0.3) is 0 Å². The van der Waals surface area contributed by atoms with Crippen LogP contribution in [0.3, 0.4) is 0 Å². The Balaban J connectivity index is 2.70. The third-order valence-corrected chi connectivity index (χ3v) is 2.77. The van der Waals surface area contributed by atoms with Crippen molar-refractivity contribution < 1.29 is 15.0 Å². The minimum absolute atomic E-state index is 0.0828. The lowest BCUT2D eigenvalue weighted by molar-refractivity contribution is -0.137. The van der Waals surface area contributed by atoms with E-state index in [-0.39, 0.29) is 12.3 Å². The van der Waals surface area contributed by atoms with Gasteiger partial charge < -0.3 is 14.8 Å². The van der Waals surface area contributed by atoms with E-state index in [2.05, 4.69) is 15.9 Å². The molecular weight excluding hydrogens is 262 g/mol. The maximum atomic E-state index is 10.6. The molecule has 0 aliphatic carbocycles. The van der Waals surface area contributed by atoms with Crippen LogP contribution in [0.2, 0.25) is 0 Å². The number of hydrogen-bond donors (Lipinski definition) is 2. The molecule has 0 fully saturated rings. The molecule has 4 nitrogen and oxygen atoms in total. The lowest BCUT2D eigenvalue weighted by Gasteiger charge is -2.02. The van der Waals surface area contributed by atoms with Crippen molar-refractivity contribution in [3.63, 3.8) is 0 Å². The first-order valence-corrected chi connectivity index (χ1v) is 5.07. The fourth-order valence-corrected chi connectivity index (χ4v) is 2.13. The number of aliphatic carboxylic acids is 1. The van der Waals surface area contributed by atoms with Crippen molar-refractivity contribution in [3.8, 4) is 5.75 Å². The molecule has 0 amide bonds. The van der Waals surface area contributed by atoms with Crippen LogP contribution in [0.4, 0.5) is 0 Å². The highest BCUT2D eigenvalue weighted by atomic mass is 79.9. The Morgan fingerprint density at radius 1 is 1.47 bits per heavy atom. The standard InChI is InChI=1S/C10H8BrNO3/c11-7-4-12(5-9(14)15)10-6(7)2-1-3-8(10)13/h1-4,13H,5H2,(H,14,15). The average Bonchev–Trinajstić information content (AvgIpc) is 2.44. The monoisotopic (exact) mass is 269 g/mol. The summed E-state index contributed by atoms with van der Waals surface area (Å²) in [6.45, 7) is -0.167. The van der Waals surface area contributed by atoms with Crippen LogP contribution in [0.1, 0.15) is 0 Å². The van der Waals surface area contributed by atoms with Gasteiger partial charge in [0.2, 0.25) is 0 Å². The minimum Gasteiger partial charge on any atom is -0.506 e. The van der Waals surface area contributed by atoms with Crippen molar-refractivity contribution in [3.05, 3.63) is 28.9 Å². The number of halogens is 1. The molecule has 0 atom stereocenters. The van der Waals surface area contributed by atoms with Gasteiger partial charge in [0.1, 0.15) is 12.3 Å². The summed E-state index contributed by atoms with van der Waals surface area (Å²) in [6.07, 6.45) is 1.65. The molecule has 0 saturated heterocycles. The fourth-order valence-electron chi connectivity index (χ4n) is 1.57. The van der Waals surface area contributed by atoms with Crippen LogP contribution in [0.15, 0.2) is 28.9 Å². The first kappa shape index (κ1) is 10.0. The molecule has 2 rings (SSSR count). The molecular formula is C10H8BrNO3. The predicted molar refractivity (Wildman–Crippen MR) is 58.9 cm³/mol. The molecule has 0 aliphatic rings. The predicted octanol–water partition coefficient (Wildman–Crippen LogP) is 2.19. The molecule has 0 radical (unpaired) electrons. The smallest absolute Gasteiger partial charge is 0.323 e. The van der Waals surface area contributed by atoms with Gasteiger partial charge >= 0.3 is 5.97 Å². The number of aromatic nitrogens is 1. The molecule has 2 aromatic rings. The highest BCUT2D eigenvalue weighted by Crippen LogP contribution is 2.31. The van der Waals surface area contributed by atoms with Crippen LogP contribution in [0.25, 0.3) is 10.9 Å².